The predicted octanol–water partition coefficient (Wildman–Crippen LogP) is 6.46. The van der Waals surface area contributed by atoms with E-state index < -0.39 is 0 Å². The number of benzene rings is 2. The number of hydrogen-bond donors (Lipinski definition) is 0. The fourth-order valence-corrected chi connectivity index (χ4v) is 2.56. The minimum Gasteiger partial charge on any atom is -0.457 e. The Labute approximate surface area is 134 Å². The molecule has 0 unspecified atom stereocenters. The molecular weight excluding hydrogens is 336 g/mol. The van der Waals surface area contributed by atoms with Crippen LogP contribution in [0.4, 0.5) is 0 Å². The molecular formula is C17H18BrClO. The lowest BCUT2D eigenvalue weighted by Crippen LogP contribution is -1.94. The third kappa shape index (κ3) is 3.56. The molecule has 0 aliphatic heterocycles. The van der Waals surface area contributed by atoms with Crippen LogP contribution < -0.4 is 4.74 Å². The average Bonchev–Trinajstić information content (AvgIpc) is 2.41. The minimum atomic E-state index is 0.480. The highest BCUT2D eigenvalue weighted by molar-refractivity contribution is 9.08. The topological polar surface area (TPSA) is 9.23 Å². The molecule has 0 aliphatic rings. The first-order valence-corrected chi connectivity index (χ1v) is 8.14. The lowest BCUT2D eigenvalue weighted by atomic mass is 10.0. The first-order valence-electron chi connectivity index (χ1n) is 6.64. The van der Waals surface area contributed by atoms with Gasteiger partial charge in [-0.2, -0.15) is 0 Å². The maximum atomic E-state index is 6.09. The summed E-state index contributed by atoms with van der Waals surface area (Å²) in [5.41, 5.74) is 3.48. The third-order valence-electron chi connectivity index (χ3n) is 3.27. The molecule has 2 rings (SSSR count). The van der Waals surface area contributed by atoms with Crippen molar-refractivity contribution in [1.29, 1.82) is 0 Å². The van der Waals surface area contributed by atoms with Crippen molar-refractivity contribution in [2.24, 2.45) is 0 Å². The van der Waals surface area contributed by atoms with E-state index in [-0.39, 0.29) is 0 Å². The molecule has 0 radical (unpaired) electrons. The molecule has 0 aromatic heterocycles. The van der Waals surface area contributed by atoms with Crippen LogP contribution in [-0.4, -0.2) is 0 Å². The van der Waals surface area contributed by atoms with Crippen LogP contribution in [-0.2, 0) is 5.33 Å². The van der Waals surface area contributed by atoms with Crippen molar-refractivity contribution in [2.45, 2.75) is 32.0 Å². The first-order chi connectivity index (χ1) is 9.51. The van der Waals surface area contributed by atoms with Gasteiger partial charge in [-0.15, -0.1) is 0 Å². The summed E-state index contributed by atoms with van der Waals surface area (Å²) in [6.07, 6.45) is 0. The molecule has 0 bridgehead atoms. The second-order valence-electron chi connectivity index (χ2n) is 5.17. The van der Waals surface area contributed by atoms with Gasteiger partial charge >= 0.3 is 0 Å². The zero-order chi connectivity index (χ0) is 14.7. The summed E-state index contributed by atoms with van der Waals surface area (Å²) in [5, 5.41) is 1.42. The van der Waals surface area contributed by atoms with Crippen LogP contribution in [0.3, 0.4) is 0 Å². The quantitative estimate of drug-likeness (QED) is 0.573. The highest BCUT2D eigenvalue weighted by Gasteiger charge is 2.09. The van der Waals surface area contributed by atoms with Gasteiger partial charge in [0.1, 0.15) is 11.5 Å². The Hall–Kier alpha value is -0.990. The van der Waals surface area contributed by atoms with Crippen LogP contribution in [0.15, 0.2) is 36.4 Å². The second-order valence-corrected chi connectivity index (χ2v) is 6.16. The Morgan fingerprint density at radius 3 is 2.50 bits per heavy atom. The molecule has 0 spiro atoms. The third-order valence-corrected chi connectivity index (χ3v) is 4.11. The van der Waals surface area contributed by atoms with Gasteiger partial charge in [-0.05, 0) is 42.2 Å². The SMILES string of the molecule is Cc1ccc(C(C)C)cc1Oc1cc(Cl)ccc1CBr. The van der Waals surface area contributed by atoms with E-state index in [2.05, 4.69) is 54.9 Å². The van der Waals surface area contributed by atoms with Crippen molar-refractivity contribution in [2.75, 3.05) is 0 Å². The van der Waals surface area contributed by atoms with E-state index in [1.54, 1.807) is 0 Å². The molecule has 3 heteroatoms. The normalized spacial score (nSPS) is 10.9. The average molecular weight is 354 g/mol. The molecule has 0 N–H and O–H groups in total. The molecule has 0 amide bonds. The first kappa shape index (κ1) is 15.4. The van der Waals surface area contributed by atoms with E-state index in [1.807, 2.05) is 18.2 Å². The highest BCUT2D eigenvalue weighted by atomic mass is 79.9. The Bertz CT molecular complexity index is 608. The van der Waals surface area contributed by atoms with Gasteiger partial charge in [0.25, 0.3) is 0 Å². The number of rotatable bonds is 4. The number of halogens is 2. The summed E-state index contributed by atoms with van der Waals surface area (Å²) in [4.78, 5) is 0. The number of alkyl halides is 1. The predicted molar refractivity (Wildman–Crippen MR) is 89.4 cm³/mol. The Morgan fingerprint density at radius 2 is 1.85 bits per heavy atom. The van der Waals surface area contributed by atoms with Gasteiger partial charge in [0.05, 0.1) is 0 Å². The van der Waals surface area contributed by atoms with Crippen molar-refractivity contribution >= 4 is 27.5 Å². The fraction of sp³-hybridized carbons (Fsp3) is 0.294. The molecule has 0 saturated heterocycles. The van der Waals surface area contributed by atoms with Gasteiger partial charge in [0, 0.05) is 15.9 Å². The summed E-state index contributed by atoms with van der Waals surface area (Å²) in [5.74, 6) is 2.17. The van der Waals surface area contributed by atoms with E-state index >= 15 is 0 Å². The summed E-state index contributed by atoms with van der Waals surface area (Å²) >= 11 is 9.55. The zero-order valence-corrected chi connectivity index (χ0v) is 14.3. The summed E-state index contributed by atoms with van der Waals surface area (Å²) < 4.78 is 6.09. The smallest absolute Gasteiger partial charge is 0.132 e. The van der Waals surface area contributed by atoms with Gasteiger partial charge in [-0.3, -0.25) is 0 Å². The summed E-state index contributed by atoms with van der Waals surface area (Å²) in [7, 11) is 0. The van der Waals surface area contributed by atoms with E-state index in [9.17, 15) is 0 Å². The van der Waals surface area contributed by atoms with Crippen molar-refractivity contribution in [3.8, 4) is 11.5 Å². The molecule has 2 aromatic carbocycles. The van der Waals surface area contributed by atoms with Crippen LogP contribution in [0.25, 0.3) is 0 Å². The monoisotopic (exact) mass is 352 g/mol. The lowest BCUT2D eigenvalue weighted by Gasteiger charge is -2.14. The highest BCUT2D eigenvalue weighted by Crippen LogP contribution is 2.33. The molecule has 0 atom stereocenters. The standard InChI is InChI=1S/C17H18BrClO/c1-11(2)13-5-4-12(3)16(8-13)20-17-9-15(19)7-6-14(17)10-18/h4-9,11H,10H2,1-3H3. The van der Waals surface area contributed by atoms with Crippen LogP contribution >= 0.6 is 27.5 Å². The van der Waals surface area contributed by atoms with Crippen LogP contribution in [0.1, 0.15) is 36.5 Å². The molecule has 0 aliphatic carbocycles. The number of aryl methyl sites for hydroxylation is 1. The van der Waals surface area contributed by atoms with Gasteiger partial charge in [-0.1, -0.05) is 59.6 Å². The van der Waals surface area contributed by atoms with Gasteiger partial charge in [0.15, 0.2) is 0 Å². The largest absolute Gasteiger partial charge is 0.457 e. The molecule has 0 heterocycles. The number of ether oxygens (including phenoxy) is 1. The van der Waals surface area contributed by atoms with E-state index in [1.165, 1.54) is 5.56 Å². The van der Waals surface area contributed by atoms with Crippen molar-refractivity contribution in [1.82, 2.24) is 0 Å². The van der Waals surface area contributed by atoms with Crippen LogP contribution in [0, 0.1) is 6.92 Å². The Morgan fingerprint density at radius 1 is 1.10 bits per heavy atom. The van der Waals surface area contributed by atoms with E-state index in [0.29, 0.717) is 10.9 Å². The molecule has 2 aromatic rings. The maximum Gasteiger partial charge on any atom is 0.132 e. The summed E-state index contributed by atoms with van der Waals surface area (Å²) in [6.45, 7) is 6.41. The van der Waals surface area contributed by atoms with Crippen molar-refractivity contribution in [3.05, 3.63) is 58.1 Å². The molecule has 0 fully saturated rings. The van der Waals surface area contributed by atoms with Gasteiger partial charge in [-0.25, -0.2) is 0 Å². The van der Waals surface area contributed by atoms with Crippen LogP contribution in [0.2, 0.25) is 5.02 Å². The summed E-state index contributed by atoms with van der Waals surface area (Å²) in [6, 6.07) is 12.1. The van der Waals surface area contributed by atoms with E-state index in [0.717, 1.165) is 28.0 Å². The van der Waals surface area contributed by atoms with Gasteiger partial charge in [0.2, 0.25) is 0 Å². The second kappa shape index (κ2) is 6.64. The molecule has 20 heavy (non-hydrogen) atoms. The molecule has 106 valence electrons. The fourth-order valence-electron chi connectivity index (χ4n) is 1.94. The Balaban J connectivity index is 2.39. The van der Waals surface area contributed by atoms with Crippen molar-refractivity contribution < 1.29 is 4.74 Å². The zero-order valence-electron chi connectivity index (χ0n) is 11.9. The van der Waals surface area contributed by atoms with Gasteiger partial charge < -0.3 is 4.74 Å². The van der Waals surface area contributed by atoms with Crippen molar-refractivity contribution in [3.63, 3.8) is 0 Å². The Kier molecular flexibility index (Phi) is 5.11. The maximum absolute atomic E-state index is 6.09. The van der Waals surface area contributed by atoms with E-state index in [4.69, 9.17) is 16.3 Å². The molecule has 0 saturated carbocycles. The van der Waals surface area contributed by atoms with Crippen LogP contribution in [0.5, 0.6) is 11.5 Å². The minimum absolute atomic E-state index is 0.480. The lowest BCUT2D eigenvalue weighted by molar-refractivity contribution is 0.474. The number of hydrogen-bond acceptors (Lipinski definition) is 1. The molecule has 1 nitrogen and oxygen atoms in total.